The summed E-state index contributed by atoms with van der Waals surface area (Å²) in [4.78, 5) is 4.81. The van der Waals surface area contributed by atoms with Crippen molar-refractivity contribution in [3.63, 3.8) is 0 Å². The summed E-state index contributed by atoms with van der Waals surface area (Å²) in [5.41, 5.74) is 3.18. The van der Waals surface area contributed by atoms with Crippen LogP contribution >= 0.6 is 31.9 Å². The molecule has 2 aromatic rings. The summed E-state index contributed by atoms with van der Waals surface area (Å²) < 4.78 is 7.43. The Hall–Kier alpha value is -0.810. The zero-order chi connectivity index (χ0) is 13.6. The Kier molecular flexibility index (Phi) is 3.43. The smallest absolute Gasteiger partial charge is 0.144 e. The van der Waals surface area contributed by atoms with Crippen molar-refractivity contribution in [1.29, 1.82) is 0 Å². The van der Waals surface area contributed by atoms with Crippen LogP contribution in [0.25, 0.3) is 10.9 Å². The lowest BCUT2D eigenvalue weighted by Crippen LogP contribution is -1.99. The molecule has 1 aliphatic rings. The number of fused-ring (bicyclic) bond motifs is 1. The third-order valence-electron chi connectivity index (χ3n) is 3.43. The number of aromatic nitrogens is 1. The third kappa shape index (κ3) is 2.23. The number of methoxy groups -OCH3 is 1. The fourth-order valence-electron chi connectivity index (χ4n) is 2.32. The summed E-state index contributed by atoms with van der Waals surface area (Å²) in [6.07, 6.45) is 2.49. The second-order valence-corrected chi connectivity index (χ2v) is 6.42. The Morgan fingerprint density at radius 1 is 1.26 bits per heavy atom. The van der Waals surface area contributed by atoms with E-state index in [4.69, 9.17) is 9.72 Å². The molecule has 0 spiro atoms. The minimum absolute atomic E-state index is 0.623. The van der Waals surface area contributed by atoms with Crippen molar-refractivity contribution in [2.75, 3.05) is 19.5 Å². The third-order valence-corrected chi connectivity index (χ3v) is 4.63. The van der Waals surface area contributed by atoms with Gasteiger partial charge in [-0.05, 0) is 56.8 Å². The van der Waals surface area contributed by atoms with Crippen LogP contribution in [-0.4, -0.2) is 19.1 Å². The average molecular weight is 386 g/mol. The monoisotopic (exact) mass is 384 g/mol. The number of nitrogens with zero attached hydrogens (tertiary/aromatic N) is 1. The number of anilines is 1. The molecule has 3 rings (SSSR count). The van der Waals surface area contributed by atoms with Crippen LogP contribution in [0.5, 0.6) is 5.75 Å². The molecule has 3 nitrogen and oxygen atoms in total. The Morgan fingerprint density at radius 3 is 2.58 bits per heavy atom. The van der Waals surface area contributed by atoms with Crippen molar-refractivity contribution >= 4 is 48.5 Å². The van der Waals surface area contributed by atoms with Gasteiger partial charge in [0.1, 0.15) is 5.75 Å². The van der Waals surface area contributed by atoms with Crippen LogP contribution < -0.4 is 10.1 Å². The van der Waals surface area contributed by atoms with Crippen molar-refractivity contribution in [2.24, 2.45) is 0 Å². The van der Waals surface area contributed by atoms with Gasteiger partial charge in [0.05, 0.1) is 22.5 Å². The lowest BCUT2D eigenvalue weighted by molar-refractivity contribution is 0.417. The molecule has 1 N–H and O–H groups in total. The topological polar surface area (TPSA) is 34.2 Å². The van der Waals surface area contributed by atoms with E-state index in [9.17, 15) is 0 Å². The molecule has 0 saturated heterocycles. The van der Waals surface area contributed by atoms with Crippen LogP contribution in [0.15, 0.2) is 21.1 Å². The largest absolute Gasteiger partial charge is 0.495 e. The molecule has 1 aromatic heterocycles. The lowest BCUT2D eigenvalue weighted by Gasteiger charge is -2.14. The summed E-state index contributed by atoms with van der Waals surface area (Å²) in [5, 5.41) is 4.27. The zero-order valence-corrected chi connectivity index (χ0v) is 13.9. The van der Waals surface area contributed by atoms with E-state index in [2.05, 4.69) is 43.2 Å². The molecule has 0 radical (unpaired) electrons. The van der Waals surface area contributed by atoms with Crippen LogP contribution in [0.4, 0.5) is 5.69 Å². The van der Waals surface area contributed by atoms with Crippen LogP contribution in [0, 0.1) is 0 Å². The fourth-order valence-corrected chi connectivity index (χ4v) is 3.73. The predicted molar refractivity (Wildman–Crippen MR) is 85.2 cm³/mol. The maximum Gasteiger partial charge on any atom is 0.144 e. The Balaban J connectivity index is 2.37. The first-order chi connectivity index (χ1) is 9.15. The van der Waals surface area contributed by atoms with E-state index in [0.29, 0.717) is 5.92 Å². The zero-order valence-electron chi connectivity index (χ0n) is 10.8. The number of hydrogen-bond donors (Lipinski definition) is 1. The maximum absolute atomic E-state index is 5.52. The molecule has 0 unspecified atom stereocenters. The molecule has 1 fully saturated rings. The molecule has 1 heterocycles. The van der Waals surface area contributed by atoms with Crippen LogP contribution in [0.3, 0.4) is 0 Å². The Labute approximate surface area is 129 Å². The molecule has 1 saturated carbocycles. The van der Waals surface area contributed by atoms with Gasteiger partial charge in [-0.1, -0.05) is 0 Å². The number of rotatable bonds is 3. The molecular weight excluding hydrogens is 372 g/mol. The van der Waals surface area contributed by atoms with Crippen molar-refractivity contribution in [2.45, 2.75) is 18.8 Å². The molecule has 5 heteroatoms. The van der Waals surface area contributed by atoms with Crippen LogP contribution in [-0.2, 0) is 0 Å². The van der Waals surface area contributed by atoms with Crippen LogP contribution in [0.1, 0.15) is 24.5 Å². The van der Waals surface area contributed by atoms with Gasteiger partial charge >= 0.3 is 0 Å². The molecule has 1 aromatic carbocycles. The first-order valence-corrected chi connectivity index (χ1v) is 7.78. The summed E-state index contributed by atoms with van der Waals surface area (Å²) >= 11 is 7.14. The maximum atomic E-state index is 5.52. The van der Waals surface area contributed by atoms with Gasteiger partial charge in [0.15, 0.2) is 0 Å². The molecule has 0 atom stereocenters. The average Bonchev–Trinajstić information content (AvgIpc) is 3.22. The Bertz CT molecular complexity index is 654. The van der Waals surface area contributed by atoms with Gasteiger partial charge in [-0.3, -0.25) is 4.98 Å². The molecule has 0 bridgehead atoms. The van der Waals surface area contributed by atoms with Gasteiger partial charge in [-0.25, -0.2) is 0 Å². The highest BCUT2D eigenvalue weighted by Gasteiger charge is 2.27. The second-order valence-electron chi connectivity index (χ2n) is 4.72. The van der Waals surface area contributed by atoms with Crippen LogP contribution in [0.2, 0.25) is 0 Å². The lowest BCUT2D eigenvalue weighted by atomic mass is 10.1. The summed E-state index contributed by atoms with van der Waals surface area (Å²) in [6.45, 7) is 0. The standard InChI is InChI=1S/C14H14Br2N2O/c1-17-11-6-10(7-3-4-7)18-13-8(15)5-9(16)14(19-2)12(11)13/h5-7H,3-4H2,1-2H3,(H,17,18). The summed E-state index contributed by atoms with van der Waals surface area (Å²) in [7, 11) is 3.61. The van der Waals surface area contributed by atoms with E-state index in [1.165, 1.54) is 18.5 Å². The quantitative estimate of drug-likeness (QED) is 0.832. The van der Waals surface area contributed by atoms with E-state index in [-0.39, 0.29) is 0 Å². The van der Waals surface area contributed by atoms with E-state index < -0.39 is 0 Å². The number of hydrogen-bond acceptors (Lipinski definition) is 3. The minimum atomic E-state index is 0.623. The van der Waals surface area contributed by atoms with Crippen molar-refractivity contribution in [3.8, 4) is 5.75 Å². The number of halogens is 2. The van der Waals surface area contributed by atoms with E-state index >= 15 is 0 Å². The van der Waals surface area contributed by atoms with Crippen molar-refractivity contribution in [1.82, 2.24) is 4.98 Å². The molecule has 100 valence electrons. The molecule has 0 amide bonds. The molecule has 0 aliphatic heterocycles. The Morgan fingerprint density at radius 2 is 2.00 bits per heavy atom. The van der Waals surface area contributed by atoms with Gasteiger partial charge in [-0.15, -0.1) is 0 Å². The normalized spacial score (nSPS) is 14.7. The summed E-state index contributed by atoms with van der Waals surface area (Å²) in [6, 6.07) is 4.13. The first kappa shape index (κ1) is 13.2. The highest BCUT2D eigenvalue weighted by molar-refractivity contribution is 9.11. The predicted octanol–water partition coefficient (Wildman–Crippen LogP) is 4.69. The highest BCUT2D eigenvalue weighted by atomic mass is 79.9. The van der Waals surface area contributed by atoms with Crippen molar-refractivity contribution < 1.29 is 4.74 Å². The van der Waals surface area contributed by atoms with Crippen molar-refractivity contribution in [3.05, 3.63) is 26.8 Å². The second kappa shape index (κ2) is 4.94. The number of pyridine rings is 1. The molecular formula is C14H14Br2N2O. The van der Waals surface area contributed by atoms with Gasteiger partial charge in [0.25, 0.3) is 0 Å². The highest BCUT2D eigenvalue weighted by Crippen LogP contribution is 2.45. The van der Waals surface area contributed by atoms with Gasteiger partial charge in [0, 0.05) is 28.8 Å². The SMILES string of the molecule is CNc1cc(C2CC2)nc2c(Br)cc(Br)c(OC)c12. The van der Waals surface area contributed by atoms with Gasteiger partial charge in [0.2, 0.25) is 0 Å². The van der Waals surface area contributed by atoms with Gasteiger partial charge in [-0.2, -0.15) is 0 Å². The van der Waals surface area contributed by atoms with Gasteiger partial charge < -0.3 is 10.1 Å². The minimum Gasteiger partial charge on any atom is -0.495 e. The number of benzene rings is 1. The van der Waals surface area contributed by atoms with E-state index in [1.807, 2.05) is 13.1 Å². The molecule has 1 aliphatic carbocycles. The fraction of sp³-hybridized carbons (Fsp3) is 0.357. The number of ether oxygens (including phenoxy) is 1. The summed E-state index contributed by atoms with van der Waals surface area (Å²) in [5.74, 6) is 1.44. The first-order valence-electron chi connectivity index (χ1n) is 6.20. The van der Waals surface area contributed by atoms with E-state index in [1.54, 1.807) is 7.11 Å². The van der Waals surface area contributed by atoms with E-state index in [0.717, 1.165) is 31.3 Å². The molecule has 19 heavy (non-hydrogen) atoms. The number of nitrogens with one attached hydrogen (secondary N) is 1.